The number of ether oxygens (including phenoxy) is 1. The van der Waals surface area contributed by atoms with Gasteiger partial charge in [-0.1, -0.05) is 0 Å². The summed E-state index contributed by atoms with van der Waals surface area (Å²) in [6.45, 7) is 3.03. The largest absolute Gasteiger partial charge is 0.380 e. The molecule has 1 aromatic heterocycles. The first-order chi connectivity index (χ1) is 7.34. The maximum atomic E-state index is 5.47. The van der Waals surface area contributed by atoms with Crippen molar-refractivity contribution >= 4 is 11.6 Å². The first-order valence-corrected chi connectivity index (χ1v) is 5.55. The predicted molar refractivity (Wildman–Crippen MR) is 58.9 cm³/mol. The Kier molecular flexibility index (Phi) is 6.31. The van der Waals surface area contributed by atoms with E-state index in [0.717, 1.165) is 31.9 Å². The van der Waals surface area contributed by atoms with E-state index in [1.54, 1.807) is 11.0 Å². The zero-order valence-corrected chi connectivity index (χ0v) is 9.70. The summed E-state index contributed by atoms with van der Waals surface area (Å²) in [5.74, 6) is 1.50. The maximum absolute atomic E-state index is 5.47. The molecule has 0 saturated heterocycles. The number of hydrogen-bond acceptors (Lipinski definition) is 4. The second-order valence-electron chi connectivity index (χ2n) is 3.13. The summed E-state index contributed by atoms with van der Waals surface area (Å²) in [6.07, 6.45) is 2.54. The van der Waals surface area contributed by atoms with E-state index in [9.17, 15) is 0 Å². The molecule has 1 N–H and O–H groups in total. The van der Waals surface area contributed by atoms with E-state index >= 15 is 0 Å². The normalized spacial score (nSPS) is 10.8. The maximum Gasteiger partial charge on any atom is 0.140 e. The Labute approximate surface area is 94.8 Å². The topological polar surface area (TPSA) is 52.0 Å². The summed E-state index contributed by atoms with van der Waals surface area (Å²) in [4.78, 5) is 4.10. The minimum Gasteiger partial charge on any atom is -0.380 e. The molecule has 0 aliphatic carbocycles. The third kappa shape index (κ3) is 5.11. The minimum absolute atomic E-state index is 0.562. The summed E-state index contributed by atoms with van der Waals surface area (Å²) < 4.78 is 7.00. The van der Waals surface area contributed by atoms with E-state index in [2.05, 4.69) is 15.4 Å². The minimum atomic E-state index is 0.562. The van der Waals surface area contributed by atoms with Crippen LogP contribution in [0, 0.1) is 0 Å². The van der Waals surface area contributed by atoms with E-state index in [0.29, 0.717) is 12.5 Å². The van der Waals surface area contributed by atoms with Crippen LogP contribution in [0.2, 0.25) is 0 Å². The Morgan fingerprint density at radius 2 is 2.40 bits per heavy atom. The SMILES string of the molecule is Cn1ncnc1CNCCCOCCCl. The van der Waals surface area contributed by atoms with E-state index in [4.69, 9.17) is 16.3 Å². The molecule has 86 valence electrons. The molecule has 0 bridgehead atoms. The van der Waals surface area contributed by atoms with Gasteiger partial charge in [0.05, 0.1) is 13.2 Å². The number of aromatic nitrogens is 3. The van der Waals surface area contributed by atoms with Gasteiger partial charge in [0.2, 0.25) is 0 Å². The molecule has 0 spiro atoms. The molecular weight excluding hydrogens is 216 g/mol. The van der Waals surface area contributed by atoms with Crippen molar-refractivity contribution in [1.29, 1.82) is 0 Å². The summed E-state index contributed by atoms with van der Waals surface area (Å²) >= 11 is 5.47. The molecule has 0 aromatic carbocycles. The molecule has 0 unspecified atom stereocenters. The van der Waals surface area contributed by atoms with Crippen LogP contribution >= 0.6 is 11.6 Å². The van der Waals surface area contributed by atoms with Gasteiger partial charge in [0.25, 0.3) is 0 Å². The predicted octanol–water partition coefficient (Wildman–Crippen LogP) is 0.550. The van der Waals surface area contributed by atoms with Crippen molar-refractivity contribution in [2.75, 3.05) is 25.6 Å². The van der Waals surface area contributed by atoms with Crippen LogP contribution in [-0.2, 0) is 18.3 Å². The van der Waals surface area contributed by atoms with Crippen LogP contribution in [0.1, 0.15) is 12.2 Å². The van der Waals surface area contributed by atoms with Gasteiger partial charge in [-0.3, -0.25) is 4.68 Å². The van der Waals surface area contributed by atoms with Crippen LogP contribution in [0.5, 0.6) is 0 Å². The number of aryl methyl sites for hydroxylation is 1. The lowest BCUT2D eigenvalue weighted by atomic mass is 10.4. The number of alkyl halides is 1. The van der Waals surface area contributed by atoms with E-state index in [1.807, 2.05) is 7.05 Å². The Hall–Kier alpha value is -0.650. The van der Waals surface area contributed by atoms with Gasteiger partial charge in [-0.2, -0.15) is 5.10 Å². The molecule has 1 rings (SSSR count). The Morgan fingerprint density at radius 3 is 3.07 bits per heavy atom. The van der Waals surface area contributed by atoms with Crippen LogP contribution in [0.15, 0.2) is 6.33 Å². The lowest BCUT2D eigenvalue weighted by Crippen LogP contribution is -2.19. The third-order valence-electron chi connectivity index (χ3n) is 1.95. The fraction of sp³-hybridized carbons (Fsp3) is 0.778. The van der Waals surface area contributed by atoms with Gasteiger partial charge in [-0.15, -0.1) is 11.6 Å². The highest BCUT2D eigenvalue weighted by molar-refractivity contribution is 6.17. The van der Waals surface area contributed by atoms with Crippen LogP contribution in [0.25, 0.3) is 0 Å². The fourth-order valence-corrected chi connectivity index (χ4v) is 1.25. The smallest absolute Gasteiger partial charge is 0.140 e. The van der Waals surface area contributed by atoms with Gasteiger partial charge >= 0.3 is 0 Å². The Balaban J connectivity index is 1.96. The van der Waals surface area contributed by atoms with Crippen LogP contribution in [-0.4, -0.2) is 40.4 Å². The number of halogens is 1. The second kappa shape index (κ2) is 7.62. The number of nitrogens with one attached hydrogen (secondary N) is 1. The molecular formula is C9H17ClN4O. The number of hydrogen-bond donors (Lipinski definition) is 1. The molecule has 1 aromatic rings. The number of rotatable bonds is 8. The van der Waals surface area contributed by atoms with Crippen LogP contribution in [0.4, 0.5) is 0 Å². The number of nitrogens with zero attached hydrogens (tertiary/aromatic N) is 3. The van der Waals surface area contributed by atoms with Gasteiger partial charge in [-0.25, -0.2) is 4.98 Å². The van der Waals surface area contributed by atoms with Gasteiger partial charge in [0.15, 0.2) is 0 Å². The molecule has 0 fully saturated rings. The van der Waals surface area contributed by atoms with Crippen LogP contribution < -0.4 is 5.32 Å². The fourth-order valence-electron chi connectivity index (χ4n) is 1.14. The Morgan fingerprint density at radius 1 is 1.53 bits per heavy atom. The van der Waals surface area contributed by atoms with Crippen molar-refractivity contribution in [2.24, 2.45) is 7.05 Å². The lowest BCUT2D eigenvalue weighted by molar-refractivity contribution is 0.146. The highest BCUT2D eigenvalue weighted by Gasteiger charge is 1.98. The molecule has 0 aliphatic rings. The molecule has 0 radical (unpaired) electrons. The van der Waals surface area contributed by atoms with E-state index in [1.165, 1.54) is 0 Å². The van der Waals surface area contributed by atoms with Crippen molar-refractivity contribution in [2.45, 2.75) is 13.0 Å². The summed E-state index contributed by atoms with van der Waals surface area (Å²) in [7, 11) is 1.88. The third-order valence-corrected chi connectivity index (χ3v) is 2.11. The molecule has 6 heteroatoms. The molecule has 0 atom stereocenters. The molecule has 5 nitrogen and oxygen atoms in total. The first kappa shape index (κ1) is 12.4. The summed E-state index contributed by atoms with van der Waals surface area (Å²) in [6, 6.07) is 0. The quantitative estimate of drug-likeness (QED) is 0.526. The van der Waals surface area contributed by atoms with Crippen molar-refractivity contribution in [1.82, 2.24) is 20.1 Å². The van der Waals surface area contributed by atoms with Crippen molar-refractivity contribution < 1.29 is 4.74 Å². The molecule has 0 aliphatic heterocycles. The van der Waals surface area contributed by atoms with Crippen LogP contribution in [0.3, 0.4) is 0 Å². The van der Waals surface area contributed by atoms with Crippen molar-refractivity contribution in [3.63, 3.8) is 0 Å². The molecule has 15 heavy (non-hydrogen) atoms. The summed E-state index contributed by atoms with van der Waals surface area (Å²) in [5, 5.41) is 7.25. The van der Waals surface area contributed by atoms with E-state index in [-0.39, 0.29) is 0 Å². The van der Waals surface area contributed by atoms with Crippen molar-refractivity contribution in [3.8, 4) is 0 Å². The Bertz CT molecular complexity index is 266. The van der Waals surface area contributed by atoms with E-state index < -0.39 is 0 Å². The zero-order chi connectivity index (χ0) is 10.9. The zero-order valence-electron chi connectivity index (χ0n) is 8.95. The average molecular weight is 233 g/mol. The monoisotopic (exact) mass is 232 g/mol. The molecule has 1 heterocycles. The van der Waals surface area contributed by atoms with Gasteiger partial charge < -0.3 is 10.1 Å². The summed E-state index contributed by atoms with van der Waals surface area (Å²) in [5.41, 5.74) is 0. The highest BCUT2D eigenvalue weighted by Crippen LogP contribution is 1.89. The lowest BCUT2D eigenvalue weighted by Gasteiger charge is -2.04. The first-order valence-electron chi connectivity index (χ1n) is 5.02. The molecule has 0 amide bonds. The van der Waals surface area contributed by atoms with Gasteiger partial charge in [-0.05, 0) is 13.0 Å². The van der Waals surface area contributed by atoms with Gasteiger partial charge in [0.1, 0.15) is 12.2 Å². The highest BCUT2D eigenvalue weighted by atomic mass is 35.5. The standard InChI is InChI=1S/C9H17ClN4O/c1-14-9(12-8-13-14)7-11-4-2-5-15-6-3-10/h8,11H,2-7H2,1H3. The van der Waals surface area contributed by atoms with Gasteiger partial charge in [0, 0.05) is 19.5 Å². The average Bonchev–Trinajstić information content (AvgIpc) is 2.63. The second-order valence-corrected chi connectivity index (χ2v) is 3.51. The molecule has 0 saturated carbocycles. The van der Waals surface area contributed by atoms with Crippen molar-refractivity contribution in [3.05, 3.63) is 12.2 Å².